The fraction of sp³-hybridized carbons (Fsp3) is 0.304. The highest BCUT2D eigenvalue weighted by molar-refractivity contribution is 5.99. The minimum Gasteiger partial charge on any atom is -0.490 e. The van der Waals surface area contributed by atoms with Crippen molar-refractivity contribution in [1.29, 1.82) is 0 Å². The van der Waals surface area contributed by atoms with E-state index in [1.165, 1.54) is 21.9 Å². The highest BCUT2D eigenvalue weighted by Crippen LogP contribution is 2.37. The Labute approximate surface area is 154 Å². The summed E-state index contributed by atoms with van der Waals surface area (Å²) in [5, 5.41) is 2.43. The first-order valence-corrected chi connectivity index (χ1v) is 9.40. The lowest BCUT2D eigenvalue weighted by molar-refractivity contribution is 0.0682. The van der Waals surface area contributed by atoms with Crippen molar-refractivity contribution in [2.45, 2.75) is 25.4 Å². The fourth-order valence-corrected chi connectivity index (χ4v) is 3.63. The maximum atomic E-state index is 6.22. The summed E-state index contributed by atoms with van der Waals surface area (Å²) in [4.78, 5) is 0. The molecule has 3 heteroatoms. The number of hydrogen-bond donors (Lipinski definition) is 1. The Morgan fingerprint density at radius 3 is 2.62 bits per heavy atom. The molecule has 1 saturated heterocycles. The van der Waals surface area contributed by atoms with Crippen molar-refractivity contribution in [3.63, 3.8) is 0 Å². The van der Waals surface area contributed by atoms with Gasteiger partial charge >= 0.3 is 0 Å². The number of benzene rings is 3. The maximum absolute atomic E-state index is 6.22. The zero-order valence-electron chi connectivity index (χ0n) is 15.0. The molecule has 0 amide bonds. The molecule has 134 valence electrons. The van der Waals surface area contributed by atoms with E-state index in [0.29, 0.717) is 13.2 Å². The molecule has 26 heavy (non-hydrogen) atoms. The molecule has 0 aromatic heterocycles. The molecule has 1 fully saturated rings. The quantitative estimate of drug-likeness (QED) is 0.710. The molecule has 0 aliphatic carbocycles. The van der Waals surface area contributed by atoms with Crippen molar-refractivity contribution in [1.82, 2.24) is 0 Å². The van der Waals surface area contributed by atoms with Crippen LogP contribution in [-0.2, 0) is 11.2 Å². The predicted molar refractivity (Wildman–Crippen MR) is 107 cm³/mol. The second-order valence-corrected chi connectivity index (χ2v) is 6.84. The summed E-state index contributed by atoms with van der Waals surface area (Å²) in [6.45, 7) is 2.13. The van der Waals surface area contributed by atoms with Gasteiger partial charge in [-0.05, 0) is 53.8 Å². The smallest absolute Gasteiger partial charge is 0.127 e. The van der Waals surface area contributed by atoms with Crippen LogP contribution in [0.3, 0.4) is 0 Å². The van der Waals surface area contributed by atoms with Crippen LogP contribution in [0, 0.1) is 0 Å². The van der Waals surface area contributed by atoms with Gasteiger partial charge in [0.1, 0.15) is 12.4 Å². The molecule has 1 atom stereocenters. The Kier molecular flexibility index (Phi) is 5.19. The van der Waals surface area contributed by atoms with Crippen LogP contribution >= 0.6 is 0 Å². The van der Waals surface area contributed by atoms with Gasteiger partial charge < -0.3 is 15.2 Å². The fourth-order valence-electron chi connectivity index (χ4n) is 3.63. The lowest BCUT2D eigenvalue weighted by atomic mass is 9.96. The van der Waals surface area contributed by atoms with Crippen molar-refractivity contribution in [2.75, 3.05) is 19.8 Å². The number of rotatable bonds is 6. The highest BCUT2D eigenvalue weighted by atomic mass is 16.5. The SMILES string of the molecule is NCCc1ccc(-c2c(OCC3CCCO3)ccc3ccccc23)cc1. The van der Waals surface area contributed by atoms with Crippen molar-refractivity contribution in [2.24, 2.45) is 5.73 Å². The summed E-state index contributed by atoms with van der Waals surface area (Å²) in [6, 6.07) is 21.3. The average Bonchev–Trinajstić information content (AvgIpc) is 3.20. The van der Waals surface area contributed by atoms with E-state index in [-0.39, 0.29) is 6.10 Å². The van der Waals surface area contributed by atoms with Gasteiger partial charge in [0.15, 0.2) is 0 Å². The van der Waals surface area contributed by atoms with Crippen molar-refractivity contribution in [3.8, 4) is 16.9 Å². The lowest BCUT2D eigenvalue weighted by Gasteiger charge is -2.17. The van der Waals surface area contributed by atoms with Gasteiger partial charge in [-0.2, -0.15) is 0 Å². The van der Waals surface area contributed by atoms with Crippen LogP contribution in [0.2, 0.25) is 0 Å². The molecule has 1 aliphatic heterocycles. The summed E-state index contributed by atoms with van der Waals surface area (Å²) >= 11 is 0. The van der Waals surface area contributed by atoms with E-state index < -0.39 is 0 Å². The van der Waals surface area contributed by atoms with Gasteiger partial charge in [0, 0.05) is 12.2 Å². The Bertz CT molecular complexity index is 867. The summed E-state index contributed by atoms with van der Waals surface area (Å²) < 4.78 is 11.9. The van der Waals surface area contributed by atoms with Gasteiger partial charge in [0.2, 0.25) is 0 Å². The minimum atomic E-state index is 0.209. The number of fused-ring (bicyclic) bond motifs is 1. The predicted octanol–water partition coefficient (Wildman–Crippen LogP) is 4.57. The first kappa shape index (κ1) is 17.1. The van der Waals surface area contributed by atoms with Gasteiger partial charge in [-0.25, -0.2) is 0 Å². The normalized spacial score (nSPS) is 16.9. The van der Waals surface area contributed by atoms with E-state index in [0.717, 1.165) is 37.2 Å². The molecular formula is C23H25NO2. The minimum absolute atomic E-state index is 0.209. The largest absolute Gasteiger partial charge is 0.490 e. The highest BCUT2D eigenvalue weighted by Gasteiger charge is 2.18. The van der Waals surface area contributed by atoms with Gasteiger partial charge in [-0.1, -0.05) is 54.6 Å². The first-order chi connectivity index (χ1) is 12.8. The Morgan fingerprint density at radius 2 is 1.85 bits per heavy atom. The van der Waals surface area contributed by atoms with E-state index in [9.17, 15) is 0 Å². The van der Waals surface area contributed by atoms with E-state index in [2.05, 4.69) is 60.7 Å². The molecule has 1 unspecified atom stereocenters. The monoisotopic (exact) mass is 347 g/mol. The van der Waals surface area contributed by atoms with E-state index >= 15 is 0 Å². The standard InChI is InChI=1S/C23H25NO2/c24-14-13-17-7-9-19(10-8-17)23-21-6-2-1-4-18(21)11-12-22(23)26-16-20-5-3-15-25-20/h1-2,4,6-12,20H,3,5,13-16,24H2. The molecule has 3 nitrogen and oxygen atoms in total. The molecule has 3 aromatic rings. The van der Waals surface area contributed by atoms with Crippen LogP contribution in [0.5, 0.6) is 5.75 Å². The lowest BCUT2D eigenvalue weighted by Crippen LogP contribution is -2.16. The molecule has 4 rings (SSSR count). The Hall–Kier alpha value is -2.36. The van der Waals surface area contributed by atoms with Crippen LogP contribution in [-0.4, -0.2) is 25.9 Å². The average molecular weight is 347 g/mol. The third kappa shape index (κ3) is 3.59. The van der Waals surface area contributed by atoms with Gasteiger partial charge in [0.05, 0.1) is 6.10 Å². The number of ether oxygens (including phenoxy) is 2. The second-order valence-electron chi connectivity index (χ2n) is 6.84. The number of hydrogen-bond acceptors (Lipinski definition) is 3. The zero-order chi connectivity index (χ0) is 17.8. The number of nitrogens with two attached hydrogens (primary N) is 1. The van der Waals surface area contributed by atoms with Crippen molar-refractivity contribution in [3.05, 3.63) is 66.2 Å². The third-order valence-corrected chi connectivity index (χ3v) is 5.02. The molecule has 0 spiro atoms. The van der Waals surface area contributed by atoms with E-state index in [4.69, 9.17) is 15.2 Å². The van der Waals surface area contributed by atoms with Gasteiger partial charge in [-0.3, -0.25) is 0 Å². The van der Waals surface area contributed by atoms with Crippen LogP contribution in [0.15, 0.2) is 60.7 Å². The molecule has 0 radical (unpaired) electrons. The third-order valence-electron chi connectivity index (χ3n) is 5.02. The molecule has 0 bridgehead atoms. The summed E-state index contributed by atoms with van der Waals surface area (Å²) in [7, 11) is 0. The van der Waals surface area contributed by atoms with E-state index in [1.807, 2.05) is 0 Å². The van der Waals surface area contributed by atoms with Crippen LogP contribution in [0.25, 0.3) is 21.9 Å². The summed E-state index contributed by atoms with van der Waals surface area (Å²) in [5.41, 5.74) is 9.26. The second kappa shape index (κ2) is 7.90. The maximum Gasteiger partial charge on any atom is 0.127 e. The summed E-state index contributed by atoms with van der Waals surface area (Å²) in [5.74, 6) is 0.922. The zero-order valence-corrected chi connectivity index (χ0v) is 15.0. The Balaban J connectivity index is 1.72. The molecule has 1 aliphatic rings. The van der Waals surface area contributed by atoms with E-state index in [1.54, 1.807) is 0 Å². The van der Waals surface area contributed by atoms with Crippen molar-refractivity contribution >= 4 is 10.8 Å². The molecule has 1 heterocycles. The van der Waals surface area contributed by atoms with Crippen LogP contribution < -0.4 is 10.5 Å². The first-order valence-electron chi connectivity index (χ1n) is 9.40. The van der Waals surface area contributed by atoms with Gasteiger partial charge in [0.25, 0.3) is 0 Å². The molecule has 3 aromatic carbocycles. The Morgan fingerprint density at radius 1 is 1.00 bits per heavy atom. The van der Waals surface area contributed by atoms with Crippen molar-refractivity contribution < 1.29 is 9.47 Å². The molecule has 0 saturated carbocycles. The van der Waals surface area contributed by atoms with Crippen LogP contribution in [0.1, 0.15) is 18.4 Å². The molecular weight excluding hydrogens is 322 g/mol. The summed E-state index contributed by atoms with van der Waals surface area (Å²) in [6.07, 6.45) is 3.32. The van der Waals surface area contributed by atoms with Gasteiger partial charge in [-0.15, -0.1) is 0 Å². The topological polar surface area (TPSA) is 44.5 Å². The van der Waals surface area contributed by atoms with Crippen LogP contribution in [0.4, 0.5) is 0 Å². The molecule has 2 N–H and O–H groups in total.